The number of methoxy groups -OCH3 is 2. The van der Waals surface area contributed by atoms with Crippen LogP contribution in [0.3, 0.4) is 0 Å². The Kier molecular flexibility index (Phi) is 6.94. The number of hydrazone groups is 1. The maximum absolute atomic E-state index is 13.4. The number of rotatable bonds is 9. The number of furan rings is 1. The molecule has 4 N–H and O–H groups in total. The monoisotopic (exact) mass is 502 g/mol. The van der Waals surface area contributed by atoms with Gasteiger partial charge in [0.05, 0.1) is 19.5 Å². The Balaban J connectivity index is 1.67. The minimum Gasteiger partial charge on any atom is -0.494 e. The normalized spacial score (nSPS) is 18.5. The minimum atomic E-state index is -3.81. The van der Waals surface area contributed by atoms with Gasteiger partial charge in [-0.05, 0) is 57.2 Å². The summed E-state index contributed by atoms with van der Waals surface area (Å²) in [5.74, 6) is 2.49. The van der Waals surface area contributed by atoms with Gasteiger partial charge >= 0.3 is 0 Å². The Morgan fingerprint density at radius 2 is 1.83 bits per heavy atom. The molecule has 1 aromatic carbocycles. The van der Waals surface area contributed by atoms with Crippen LogP contribution in [0.2, 0.25) is 0 Å². The molecule has 0 spiro atoms. The molecule has 0 saturated heterocycles. The van der Waals surface area contributed by atoms with Crippen molar-refractivity contribution in [1.29, 1.82) is 0 Å². The summed E-state index contributed by atoms with van der Waals surface area (Å²) >= 11 is 0. The molecule has 1 unspecified atom stereocenters. The van der Waals surface area contributed by atoms with Crippen LogP contribution in [0.4, 0.5) is 5.69 Å². The second kappa shape index (κ2) is 9.92. The van der Waals surface area contributed by atoms with Crippen molar-refractivity contribution in [3.63, 3.8) is 0 Å². The fourth-order valence-electron chi connectivity index (χ4n) is 3.77. The minimum absolute atomic E-state index is 0.280. The standard InChI is InChI=1S/C23H30N6O5S/c1-14-9-11-17(25-24-14)13-16(3)35(30,31)28-23-27-26-22(20-12-10-15(2)34-20)29(23)21-18(32-4)7-6-8-19(21)33-5/h6-12,16,23-25,27-28H,13H2,1-5H3/t16-,23?/m1/s1. The highest BCUT2D eigenvalue weighted by Gasteiger charge is 2.39. The number of hydrogen-bond acceptors (Lipinski definition) is 10. The third kappa shape index (κ3) is 5.08. The van der Waals surface area contributed by atoms with Crippen molar-refractivity contribution >= 4 is 21.5 Å². The fraction of sp³-hybridized carbons (Fsp3) is 0.348. The smallest absolute Gasteiger partial charge is 0.217 e. The van der Waals surface area contributed by atoms with E-state index in [-0.39, 0.29) is 6.42 Å². The summed E-state index contributed by atoms with van der Waals surface area (Å²) < 4.78 is 46.4. The number of nitrogens with one attached hydrogen (secondary N) is 4. The lowest BCUT2D eigenvalue weighted by Gasteiger charge is -2.30. The molecule has 0 radical (unpaired) electrons. The first-order chi connectivity index (χ1) is 16.7. The van der Waals surface area contributed by atoms with Gasteiger partial charge in [0, 0.05) is 17.8 Å². The molecule has 1 aromatic heterocycles. The number of allylic oxidation sites excluding steroid dienone is 4. The second-order valence-corrected chi connectivity index (χ2v) is 10.4. The third-order valence-electron chi connectivity index (χ3n) is 5.65. The number of nitrogens with zero attached hydrogens (tertiary/aromatic N) is 2. The van der Waals surface area contributed by atoms with Gasteiger partial charge in [-0.1, -0.05) is 6.07 Å². The van der Waals surface area contributed by atoms with Gasteiger partial charge in [-0.3, -0.25) is 10.3 Å². The lowest BCUT2D eigenvalue weighted by atomic mass is 10.2. The molecular weight excluding hydrogens is 472 g/mol. The van der Waals surface area contributed by atoms with Gasteiger partial charge in [0.15, 0.2) is 17.9 Å². The van der Waals surface area contributed by atoms with E-state index < -0.39 is 21.6 Å². The van der Waals surface area contributed by atoms with Crippen molar-refractivity contribution in [2.24, 2.45) is 5.10 Å². The molecule has 2 aromatic rings. The molecule has 4 rings (SSSR count). The Bertz CT molecular complexity index is 1260. The second-order valence-electron chi connectivity index (χ2n) is 8.23. The molecule has 2 atom stereocenters. The van der Waals surface area contributed by atoms with Crippen molar-refractivity contribution in [1.82, 2.24) is 21.0 Å². The van der Waals surface area contributed by atoms with Crippen LogP contribution >= 0.6 is 0 Å². The molecule has 11 nitrogen and oxygen atoms in total. The summed E-state index contributed by atoms with van der Waals surface area (Å²) in [6.07, 6.45) is 3.07. The molecule has 0 saturated carbocycles. The predicted octanol–water partition coefficient (Wildman–Crippen LogP) is 2.25. The zero-order valence-corrected chi connectivity index (χ0v) is 21.1. The van der Waals surface area contributed by atoms with Crippen molar-refractivity contribution in [3.8, 4) is 11.5 Å². The molecule has 2 aliphatic rings. The van der Waals surface area contributed by atoms with Gasteiger partial charge in [-0.2, -0.15) is 9.82 Å². The molecule has 0 fully saturated rings. The summed E-state index contributed by atoms with van der Waals surface area (Å²) in [4.78, 5) is 1.66. The van der Waals surface area contributed by atoms with E-state index in [4.69, 9.17) is 13.9 Å². The number of anilines is 1. The SMILES string of the molecule is COc1cccc(OC)c1N1C(c2ccc(C)o2)=NNC1NS(=O)(=O)[C@H](C)CC1=CC=C(C)NN1. The van der Waals surface area contributed by atoms with Crippen LogP contribution in [0, 0.1) is 6.92 Å². The zero-order valence-electron chi connectivity index (χ0n) is 20.2. The van der Waals surface area contributed by atoms with Crippen LogP contribution < -0.4 is 35.4 Å². The van der Waals surface area contributed by atoms with Crippen LogP contribution in [0.15, 0.2) is 63.4 Å². The Labute approximate surface area is 204 Å². The molecule has 0 bridgehead atoms. The average Bonchev–Trinajstić information content (AvgIpc) is 3.45. The maximum Gasteiger partial charge on any atom is 0.217 e. The first-order valence-electron chi connectivity index (χ1n) is 11.0. The number of hydrogen-bond donors (Lipinski definition) is 4. The zero-order chi connectivity index (χ0) is 25.2. The number of para-hydroxylation sites is 1. The van der Waals surface area contributed by atoms with Crippen molar-refractivity contribution in [3.05, 3.63) is 65.4 Å². The summed E-state index contributed by atoms with van der Waals surface area (Å²) in [6.45, 7) is 5.38. The van der Waals surface area contributed by atoms with Gasteiger partial charge in [-0.15, -0.1) is 0 Å². The van der Waals surface area contributed by atoms with E-state index in [2.05, 4.69) is 26.1 Å². The number of benzene rings is 1. The van der Waals surface area contributed by atoms with Crippen LogP contribution in [0.5, 0.6) is 11.5 Å². The molecule has 3 heterocycles. The molecule has 12 heteroatoms. The van der Waals surface area contributed by atoms with Crippen molar-refractivity contribution in [2.75, 3.05) is 19.1 Å². The summed E-state index contributed by atoms with van der Waals surface area (Å²) in [7, 11) is -0.739. The quantitative estimate of drug-likeness (QED) is 0.408. The summed E-state index contributed by atoms with van der Waals surface area (Å²) in [5, 5.41) is 3.65. The number of amidine groups is 1. The van der Waals surface area contributed by atoms with Gasteiger partial charge < -0.3 is 24.7 Å². The average molecular weight is 503 g/mol. The Morgan fingerprint density at radius 1 is 1.11 bits per heavy atom. The highest BCUT2D eigenvalue weighted by Crippen LogP contribution is 2.40. The van der Waals surface area contributed by atoms with Crippen LogP contribution in [0.1, 0.15) is 31.8 Å². The molecular formula is C23H30N6O5S. The molecule has 188 valence electrons. The topological polar surface area (TPSA) is 129 Å². The van der Waals surface area contributed by atoms with E-state index >= 15 is 0 Å². The largest absolute Gasteiger partial charge is 0.494 e. The highest BCUT2D eigenvalue weighted by molar-refractivity contribution is 7.90. The van der Waals surface area contributed by atoms with E-state index in [0.29, 0.717) is 34.5 Å². The van der Waals surface area contributed by atoms with Crippen LogP contribution in [-0.2, 0) is 10.0 Å². The number of aryl methyl sites for hydroxylation is 1. The van der Waals surface area contributed by atoms with E-state index in [0.717, 1.165) is 11.4 Å². The van der Waals surface area contributed by atoms with E-state index in [1.54, 1.807) is 36.1 Å². The number of sulfonamides is 1. The molecule has 35 heavy (non-hydrogen) atoms. The van der Waals surface area contributed by atoms with Gasteiger partial charge in [0.2, 0.25) is 10.0 Å². The predicted molar refractivity (Wildman–Crippen MR) is 133 cm³/mol. The maximum atomic E-state index is 13.4. The summed E-state index contributed by atoms with van der Waals surface area (Å²) in [5.41, 5.74) is 11.1. The van der Waals surface area contributed by atoms with Crippen LogP contribution in [-0.4, -0.2) is 40.0 Å². The van der Waals surface area contributed by atoms with Gasteiger partial charge in [0.25, 0.3) is 0 Å². The molecule has 0 aliphatic carbocycles. The molecule has 0 amide bonds. The number of hydrazine groups is 1. The van der Waals surface area contributed by atoms with Crippen molar-refractivity contribution < 1.29 is 22.3 Å². The van der Waals surface area contributed by atoms with Crippen molar-refractivity contribution in [2.45, 2.75) is 38.7 Å². The molecule has 2 aliphatic heterocycles. The fourth-order valence-corrected chi connectivity index (χ4v) is 4.87. The number of ether oxygens (including phenoxy) is 2. The first-order valence-corrected chi connectivity index (χ1v) is 12.6. The lowest BCUT2D eigenvalue weighted by Crippen LogP contribution is -2.54. The first kappa shape index (κ1) is 24.5. The van der Waals surface area contributed by atoms with Crippen LogP contribution in [0.25, 0.3) is 0 Å². The van der Waals surface area contributed by atoms with E-state index in [9.17, 15) is 8.42 Å². The Hall–Kier alpha value is -3.64. The van der Waals surface area contributed by atoms with E-state index in [1.807, 2.05) is 32.1 Å². The lowest BCUT2D eigenvalue weighted by molar-refractivity contribution is 0.392. The Morgan fingerprint density at radius 3 is 2.40 bits per heavy atom. The van der Waals surface area contributed by atoms with E-state index in [1.165, 1.54) is 14.2 Å². The van der Waals surface area contributed by atoms with Gasteiger partial charge in [0.1, 0.15) is 22.9 Å². The third-order valence-corrected chi connectivity index (χ3v) is 7.43. The summed E-state index contributed by atoms with van der Waals surface area (Å²) in [6, 6.07) is 8.89. The highest BCUT2D eigenvalue weighted by atomic mass is 32.2. The van der Waals surface area contributed by atoms with Gasteiger partial charge in [-0.25, -0.2) is 8.42 Å².